The maximum atomic E-state index is 4.62. The van der Waals surface area contributed by atoms with Crippen molar-refractivity contribution in [3.05, 3.63) is 17.7 Å². The van der Waals surface area contributed by atoms with Crippen LogP contribution in [0.25, 0.3) is 0 Å². The highest BCUT2D eigenvalue weighted by Crippen LogP contribution is 2.34. The molecule has 2 heteroatoms. The van der Waals surface area contributed by atoms with Gasteiger partial charge in [0.1, 0.15) is 0 Å². The number of imidazole rings is 1. The van der Waals surface area contributed by atoms with E-state index in [0.717, 1.165) is 12.0 Å². The second-order valence-electron chi connectivity index (χ2n) is 5.68. The molecule has 0 radical (unpaired) electrons. The number of aromatic nitrogens is 2. The van der Waals surface area contributed by atoms with Gasteiger partial charge in [-0.3, -0.25) is 0 Å². The Kier molecular flexibility index (Phi) is 2.74. The average Bonchev–Trinajstić information content (AvgIpc) is 2.72. The van der Waals surface area contributed by atoms with Gasteiger partial charge in [0.15, 0.2) is 0 Å². The monoisotopic (exact) mass is 218 g/mol. The molecule has 1 saturated carbocycles. The summed E-state index contributed by atoms with van der Waals surface area (Å²) in [7, 11) is 0. The minimum Gasteiger partial charge on any atom is -0.331 e. The van der Waals surface area contributed by atoms with Crippen LogP contribution in [0.3, 0.4) is 0 Å². The fraction of sp³-hybridized carbons (Fsp3) is 0.786. The van der Waals surface area contributed by atoms with Crippen LogP contribution in [0.5, 0.6) is 0 Å². The fourth-order valence-corrected chi connectivity index (χ4v) is 3.46. The van der Waals surface area contributed by atoms with Crippen LogP contribution in [-0.4, -0.2) is 9.55 Å². The number of hydrogen-bond donors (Lipinski definition) is 0. The first-order valence-corrected chi connectivity index (χ1v) is 6.89. The lowest BCUT2D eigenvalue weighted by Crippen LogP contribution is -2.20. The van der Waals surface area contributed by atoms with Crippen molar-refractivity contribution in [1.82, 2.24) is 9.55 Å². The van der Waals surface area contributed by atoms with E-state index in [4.69, 9.17) is 0 Å². The Hall–Kier alpha value is -0.790. The first-order chi connectivity index (χ1) is 7.84. The van der Waals surface area contributed by atoms with Gasteiger partial charge in [-0.1, -0.05) is 19.8 Å². The van der Waals surface area contributed by atoms with Gasteiger partial charge >= 0.3 is 0 Å². The van der Waals surface area contributed by atoms with Crippen LogP contribution in [-0.2, 0) is 12.8 Å². The van der Waals surface area contributed by atoms with Crippen LogP contribution in [0.4, 0.5) is 0 Å². The third-order valence-electron chi connectivity index (χ3n) is 4.36. The molecule has 1 fully saturated rings. The van der Waals surface area contributed by atoms with E-state index in [1.54, 1.807) is 5.69 Å². The summed E-state index contributed by atoms with van der Waals surface area (Å²) in [5, 5.41) is 0. The van der Waals surface area contributed by atoms with E-state index in [1.165, 1.54) is 57.1 Å². The van der Waals surface area contributed by atoms with Gasteiger partial charge in [-0.05, 0) is 44.4 Å². The van der Waals surface area contributed by atoms with Crippen molar-refractivity contribution >= 4 is 0 Å². The molecule has 0 bridgehead atoms. The molecule has 0 aliphatic heterocycles. The molecular formula is C14H22N2. The van der Waals surface area contributed by atoms with Gasteiger partial charge in [-0.2, -0.15) is 0 Å². The van der Waals surface area contributed by atoms with Gasteiger partial charge in [0, 0.05) is 11.7 Å². The van der Waals surface area contributed by atoms with E-state index in [-0.39, 0.29) is 0 Å². The van der Waals surface area contributed by atoms with Crippen molar-refractivity contribution in [2.24, 2.45) is 5.92 Å². The van der Waals surface area contributed by atoms with Crippen molar-refractivity contribution in [3.8, 4) is 0 Å². The molecule has 0 spiro atoms. The van der Waals surface area contributed by atoms with E-state index in [9.17, 15) is 0 Å². The van der Waals surface area contributed by atoms with E-state index < -0.39 is 0 Å². The van der Waals surface area contributed by atoms with Crippen LogP contribution < -0.4 is 0 Å². The van der Waals surface area contributed by atoms with Crippen molar-refractivity contribution in [2.45, 2.75) is 64.3 Å². The number of rotatable bonds is 1. The normalized spacial score (nSPS) is 30.1. The molecule has 2 unspecified atom stereocenters. The summed E-state index contributed by atoms with van der Waals surface area (Å²) in [6.45, 7) is 2.40. The summed E-state index contributed by atoms with van der Waals surface area (Å²) < 4.78 is 2.52. The Morgan fingerprint density at radius 1 is 1.19 bits per heavy atom. The molecule has 0 amide bonds. The molecule has 2 aliphatic rings. The maximum absolute atomic E-state index is 4.62. The predicted octanol–water partition coefficient (Wildman–Crippen LogP) is 3.51. The predicted molar refractivity (Wildman–Crippen MR) is 65.5 cm³/mol. The zero-order valence-electron chi connectivity index (χ0n) is 10.3. The molecular weight excluding hydrogens is 196 g/mol. The summed E-state index contributed by atoms with van der Waals surface area (Å²) in [6.07, 6.45) is 12.9. The van der Waals surface area contributed by atoms with Gasteiger partial charge in [-0.25, -0.2) is 4.98 Å². The minimum absolute atomic E-state index is 0.748. The average molecular weight is 218 g/mol. The Balaban J connectivity index is 1.85. The SMILES string of the molecule is CC1CCCC(n2cnc3c2CCCC3)C1. The van der Waals surface area contributed by atoms with Gasteiger partial charge in [0.2, 0.25) is 0 Å². The summed E-state index contributed by atoms with van der Waals surface area (Å²) in [6, 6.07) is 0.748. The first kappa shape index (κ1) is 10.4. The second kappa shape index (κ2) is 4.23. The van der Waals surface area contributed by atoms with Crippen molar-refractivity contribution in [3.63, 3.8) is 0 Å². The standard InChI is InChI=1S/C14H22N2/c1-11-5-4-6-12(9-11)16-10-15-13-7-2-3-8-14(13)16/h10-12H,2-9H2,1H3. The molecule has 2 atom stereocenters. The lowest BCUT2D eigenvalue weighted by atomic mass is 9.86. The zero-order chi connectivity index (χ0) is 11.0. The van der Waals surface area contributed by atoms with Gasteiger partial charge < -0.3 is 4.57 Å². The highest BCUT2D eigenvalue weighted by Gasteiger charge is 2.24. The van der Waals surface area contributed by atoms with Crippen LogP contribution in [0, 0.1) is 5.92 Å². The van der Waals surface area contributed by atoms with Gasteiger partial charge in [0.25, 0.3) is 0 Å². The largest absolute Gasteiger partial charge is 0.331 e. The topological polar surface area (TPSA) is 17.8 Å². The molecule has 0 saturated heterocycles. The van der Waals surface area contributed by atoms with Crippen molar-refractivity contribution < 1.29 is 0 Å². The molecule has 2 aliphatic carbocycles. The third-order valence-corrected chi connectivity index (χ3v) is 4.36. The smallest absolute Gasteiger partial charge is 0.0954 e. The molecule has 1 heterocycles. The molecule has 16 heavy (non-hydrogen) atoms. The Labute approximate surface area is 98.1 Å². The van der Waals surface area contributed by atoms with Crippen LogP contribution >= 0.6 is 0 Å². The van der Waals surface area contributed by atoms with Gasteiger partial charge in [0.05, 0.1) is 12.0 Å². The van der Waals surface area contributed by atoms with E-state index >= 15 is 0 Å². The summed E-state index contributed by atoms with van der Waals surface area (Å²) in [5.41, 5.74) is 2.95. The minimum atomic E-state index is 0.748. The van der Waals surface area contributed by atoms with Crippen LogP contribution in [0.2, 0.25) is 0 Å². The quantitative estimate of drug-likeness (QED) is 0.705. The maximum Gasteiger partial charge on any atom is 0.0954 e. The number of hydrogen-bond acceptors (Lipinski definition) is 1. The number of fused-ring (bicyclic) bond motifs is 1. The van der Waals surface area contributed by atoms with Crippen molar-refractivity contribution in [2.75, 3.05) is 0 Å². The first-order valence-electron chi connectivity index (χ1n) is 6.89. The second-order valence-corrected chi connectivity index (χ2v) is 5.68. The summed E-state index contributed by atoms with van der Waals surface area (Å²) in [5.74, 6) is 0.903. The van der Waals surface area contributed by atoms with Gasteiger partial charge in [-0.15, -0.1) is 0 Å². The molecule has 88 valence electrons. The Morgan fingerprint density at radius 2 is 2.06 bits per heavy atom. The summed E-state index contributed by atoms with van der Waals surface area (Å²) in [4.78, 5) is 4.62. The molecule has 0 N–H and O–H groups in total. The highest BCUT2D eigenvalue weighted by atomic mass is 15.1. The molecule has 1 aromatic rings. The lowest BCUT2D eigenvalue weighted by Gasteiger charge is -2.29. The Morgan fingerprint density at radius 3 is 2.94 bits per heavy atom. The Bertz CT molecular complexity index is 367. The summed E-state index contributed by atoms with van der Waals surface area (Å²) >= 11 is 0. The number of nitrogens with zero attached hydrogens (tertiary/aromatic N) is 2. The van der Waals surface area contributed by atoms with E-state index in [0.29, 0.717) is 0 Å². The van der Waals surface area contributed by atoms with E-state index in [1.807, 2.05) is 0 Å². The number of aryl methyl sites for hydroxylation is 1. The lowest BCUT2D eigenvalue weighted by molar-refractivity contribution is 0.277. The van der Waals surface area contributed by atoms with Crippen LogP contribution in [0.15, 0.2) is 6.33 Å². The fourth-order valence-electron chi connectivity index (χ4n) is 3.46. The zero-order valence-corrected chi connectivity index (χ0v) is 10.3. The van der Waals surface area contributed by atoms with E-state index in [2.05, 4.69) is 22.8 Å². The molecule has 1 aromatic heterocycles. The molecule has 2 nitrogen and oxygen atoms in total. The van der Waals surface area contributed by atoms with Crippen molar-refractivity contribution in [1.29, 1.82) is 0 Å². The third kappa shape index (κ3) is 1.79. The van der Waals surface area contributed by atoms with Crippen LogP contribution in [0.1, 0.15) is 62.9 Å². The highest BCUT2D eigenvalue weighted by molar-refractivity contribution is 5.17. The molecule has 3 rings (SSSR count). The molecule has 0 aromatic carbocycles.